The molecule has 0 fully saturated rings. The van der Waals surface area contributed by atoms with Crippen LogP contribution in [0.25, 0.3) is 16.2 Å². The highest BCUT2D eigenvalue weighted by Crippen LogP contribution is 2.25. The first-order valence-corrected chi connectivity index (χ1v) is 9.85. The van der Waals surface area contributed by atoms with Gasteiger partial charge in [0.15, 0.2) is 11.6 Å². The third kappa shape index (κ3) is 3.92. The van der Waals surface area contributed by atoms with Crippen molar-refractivity contribution >= 4 is 27.9 Å². The fraction of sp³-hybridized carbons (Fsp3) is 0.182. The number of rotatable bonds is 5. The molecule has 4 rings (SSSR count). The van der Waals surface area contributed by atoms with Crippen LogP contribution >= 0.6 is 11.3 Å². The van der Waals surface area contributed by atoms with Crippen molar-refractivity contribution in [2.75, 3.05) is 11.9 Å². The van der Waals surface area contributed by atoms with E-state index in [2.05, 4.69) is 23.4 Å². The Hall–Kier alpha value is -3.12. The van der Waals surface area contributed by atoms with Crippen molar-refractivity contribution in [1.82, 2.24) is 9.38 Å². The van der Waals surface area contributed by atoms with Crippen molar-refractivity contribution in [3.8, 4) is 17.0 Å². The molecule has 2 heterocycles. The smallest absolute Gasteiger partial charge is 0.262 e. The molecule has 1 N–H and O–H groups in total. The first-order valence-electron chi connectivity index (χ1n) is 9.03. The molecule has 5 nitrogen and oxygen atoms in total. The predicted octanol–water partition coefficient (Wildman–Crippen LogP) is 5.01. The van der Waals surface area contributed by atoms with Crippen LogP contribution in [0, 0.1) is 20.8 Å². The highest BCUT2D eigenvalue weighted by molar-refractivity contribution is 7.17. The van der Waals surface area contributed by atoms with E-state index in [1.165, 1.54) is 4.88 Å². The predicted molar refractivity (Wildman–Crippen MR) is 113 cm³/mol. The van der Waals surface area contributed by atoms with Crippen molar-refractivity contribution in [2.24, 2.45) is 0 Å². The molecule has 28 heavy (non-hydrogen) atoms. The number of carbonyl (C=O) groups is 1. The first-order chi connectivity index (χ1) is 13.5. The molecular formula is C22H21N3O2S. The van der Waals surface area contributed by atoms with Gasteiger partial charge < -0.3 is 10.1 Å². The Morgan fingerprint density at radius 2 is 2.00 bits per heavy atom. The molecule has 0 saturated carbocycles. The lowest BCUT2D eigenvalue weighted by Crippen LogP contribution is -2.20. The Kier molecular flexibility index (Phi) is 4.88. The summed E-state index contributed by atoms with van der Waals surface area (Å²) in [7, 11) is 0. The van der Waals surface area contributed by atoms with Gasteiger partial charge in [0.2, 0.25) is 0 Å². The monoisotopic (exact) mass is 391 g/mol. The molecule has 0 spiro atoms. The number of aromatic nitrogens is 2. The van der Waals surface area contributed by atoms with Gasteiger partial charge in [0.05, 0.1) is 5.69 Å². The Bertz CT molecular complexity index is 1130. The van der Waals surface area contributed by atoms with E-state index in [9.17, 15) is 4.79 Å². The van der Waals surface area contributed by atoms with E-state index in [1.807, 2.05) is 66.9 Å². The summed E-state index contributed by atoms with van der Waals surface area (Å²) in [6.45, 7) is 6.00. The number of aryl methyl sites for hydroxylation is 3. The third-order valence-electron chi connectivity index (χ3n) is 4.42. The Morgan fingerprint density at radius 1 is 1.14 bits per heavy atom. The number of anilines is 1. The lowest BCUT2D eigenvalue weighted by atomic mass is 10.1. The van der Waals surface area contributed by atoms with Gasteiger partial charge in [0.25, 0.3) is 5.91 Å². The van der Waals surface area contributed by atoms with Gasteiger partial charge in [-0.3, -0.25) is 9.20 Å². The fourth-order valence-corrected chi connectivity index (χ4v) is 3.82. The van der Waals surface area contributed by atoms with E-state index < -0.39 is 0 Å². The Morgan fingerprint density at radius 3 is 2.82 bits per heavy atom. The molecule has 0 aliphatic carbocycles. The number of imidazole rings is 1. The van der Waals surface area contributed by atoms with E-state index in [1.54, 1.807) is 11.3 Å². The van der Waals surface area contributed by atoms with Crippen LogP contribution in [0.5, 0.6) is 5.75 Å². The highest BCUT2D eigenvalue weighted by Gasteiger charge is 2.09. The summed E-state index contributed by atoms with van der Waals surface area (Å²) in [6.07, 6.45) is 4.07. The third-order valence-corrected chi connectivity index (χ3v) is 5.33. The number of hydrogen-bond donors (Lipinski definition) is 1. The average molecular weight is 391 g/mol. The van der Waals surface area contributed by atoms with Crippen LogP contribution in [-0.2, 0) is 4.79 Å². The molecular weight excluding hydrogens is 370 g/mol. The standard InChI is InChI=1S/C22H21N3O2S/c1-14-7-8-15(2)20(9-14)27-13-21(26)23-18-6-4-5-17(10-18)19-12-25-11-16(3)28-22(25)24-19/h4-12H,13H2,1-3H3,(H,23,26). The van der Waals surface area contributed by atoms with E-state index in [-0.39, 0.29) is 12.5 Å². The van der Waals surface area contributed by atoms with E-state index in [0.717, 1.165) is 38.8 Å². The molecule has 2 aromatic carbocycles. The summed E-state index contributed by atoms with van der Waals surface area (Å²) < 4.78 is 7.71. The fourth-order valence-electron chi connectivity index (χ4n) is 3.01. The number of nitrogens with zero attached hydrogens (tertiary/aromatic N) is 2. The van der Waals surface area contributed by atoms with E-state index in [0.29, 0.717) is 0 Å². The number of nitrogens with one attached hydrogen (secondary N) is 1. The first kappa shape index (κ1) is 18.3. The molecule has 0 saturated heterocycles. The zero-order valence-corrected chi connectivity index (χ0v) is 16.8. The summed E-state index contributed by atoms with van der Waals surface area (Å²) in [5.74, 6) is 0.539. The molecule has 6 heteroatoms. The average Bonchev–Trinajstić information content (AvgIpc) is 3.20. The summed E-state index contributed by atoms with van der Waals surface area (Å²) in [5, 5.41) is 2.90. The van der Waals surface area contributed by atoms with Crippen molar-refractivity contribution < 1.29 is 9.53 Å². The minimum Gasteiger partial charge on any atom is -0.483 e. The van der Waals surface area contributed by atoms with Gasteiger partial charge in [-0.2, -0.15) is 0 Å². The molecule has 0 atom stereocenters. The summed E-state index contributed by atoms with van der Waals surface area (Å²) in [6, 6.07) is 13.6. The van der Waals surface area contributed by atoms with Gasteiger partial charge in [0, 0.05) is 28.5 Å². The van der Waals surface area contributed by atoms with Crippen LogP contribution in [0.15, 0.2) is 54.9 Å². The quantitative estimate of drug-likeness (QED) is 0.520. The number of amides is 1. The molecule has 2 aromatic heterocycles. The van der Waals surface area contributed by atoms with Gasteiger partial charge in [0.1, 0.15) is 5.75 Å². The second kappa shape index (κ2) is 7.48. The van der Waals surface area contributed by atoms with Crippen LogP contribution in [0.1, 0.15) is 16.0 Å². The SMILES string of the molecule is Cc1ccc(C)c(OCC(=O)Nc2cccc(-c3cn4cc(C)sc4n3)c2)c1. The highest BCUT2D eigenvalue weighted by atomic mass is 32.1. The van der Waals surface area contributed by atoms with Crippen LogP contribution in [0.4, 0.5) is 5.69 Å². The maximum absolute atomic E-state index is 12.3. The van der Waals surface area contributed by atoms with Crippen LogP contribution < -0.4 is 10.1 Å². The largest absolute Gasteiger partial charge is 0.483 e. The van der Waals surface area contributed by atoms with Gasteiger partial charge >= 0.3 is 0 Å². The van der Waals surface area contributed by atoms with Crippen LogP contribution in [-0.4, -0.2) is 21.9 Å². The minimum absolute atomic E-state index is 0.0337. The number of ether oxygens (including phenoxy) is 1. The molecule has 0 bridgehead atoms. The molecule has 0 radical (unpaired) electrons. The van der Waals surface area contributed by atoms with E-state index in [4.69, 9.17) is 4.74 Å². The summed E-state index contributed by atoms with van der Waals surface area (Å²) >= 11 is 1.65. The molecule has 0 aliphatic heterocycles. The van der Waals surface area contributed by atoms with Crippen molar-refractivity contribution in [3.05, 3.63) is 70.9 Å². The maximum atomic E-state index is 12.3. The number of benzene rings is 2. The van der Waals surface area contributed by atoms with Crippen molar-refractivity contribution in [3.63, 3.8) is 0 Å². The number of hydrogen-bond acceptors (Lipinski definition) is 4. The molecule has 0 aliphatic rings. The lowest BCUT2D eigenvalue weighted by molar-refractivity contribution is -0.118. The number of thiazole rings is 1. The van der Waals surface area contributed by atoms with Crippen LogP contribution in [0.2, 0.25) is 0 Å². The molecule has 142 valence electrons. The minimum atomic E-state index is -0.195. The van der Waals surface area contributed by atoms with Gasteiger partial charge in [-0.15, -0.1) is 11.3 Å². The molecule has 0 unspecified atom stereocenters. The van der Waals surface area contributed by atoms with Crippen LogP contribution in [0.3, 0.4) is 0 Å². The van der Waals surface area contributed by atoms with Gasteiger partial charge in [-0.1, -0.05) is 24.3 Å². The zero-order chi connectivity index (χ0) is 19.7. The van der Waals surface area contributed by atoms with Crippen molar-refractivity contribution in [1.29, 1.82) is 0 Å². The molecule has 1 amide bonds. The molecule has 4 aromatic rings. The van der Waals surface area contributed by atoms with Gasteiger partial charge in [-0.05, 0) is 50.1 Å². The maximum Gasteiger partial charge on any atom is 0.262 e. The van der Waals surface area contributed by atoms with Gasteiger partial charge in [-0.25, -0.2) is 4.98 Å². The van der Waals surface area contributed by atoms with E-state index >= 15 is 0 Å². The Balaban J connectivity index is 1.44. The second-order valence-corrected chi connectivity index (χ2v) is 8.06. The normalized spacial score (nSPS) is 11.0. The summed E-state index contributed by atoms with van der Waals surface area (Å²) in [4.78, 5) is 19.2. The second-order valence-electron chi connectivity index (χ2n) is 6.84. The van der Waals surface area contributed by atoms with Crippen molar-refractivity contribution in [2.45, 2.75) is 20.8 Å². The Labute approximate surface area is 167 Å². The summed E-state index contributed by atoms with van der Waals surface area (Å²) in [5.41, 5.74) is 4.68. The zero-order valence-electron chi connectivity index (χ0n) is 16.0. The lowest BCUT2D eigenvalue weighted by Gasteiger charge is -2.11. The topological polar surface area (TPSA) is 55.6 Å². The number of carbonyl (C=O) groups excluding carboxylic acids is 1. The number of fused-ring (bicyclic) bond motifs is 1.